The number of thiol groups is 2. The highest BCUT2D eigenvalue weighted by Crippen LogP contribution is 2.21. The monoisotopic (exact) mass is 1090 g/mol. The van der Waals surface area contributed by atoms with Gasteiger partial charge in [0, 0.05) is 18.1 Å². The van der Waals surface area contributed by atoms with Gasteiger partial charge in [-0.15, -0.1) is 0 Å². The molecule has 1 aliphatic heterocycles. The molecule has 1 saturated heterocycles. The van der Waals surface area contributed by atoms with Crippen LogP contribution in [-0.4, -0.2) is 183 Å². The lowest BCUT2D eigenvalue weighted by Gasteiger charge is -2.32. The fourth-order valence-corrected chi connectivity index (χ4v) is 8.01. The number of aliphatic carboxylic acids is 2. The first-order valence-electron chi connectivity index (χ1n) is 24.6. The summed E-state index contributed by atoms with van der Waals surface area (Å²) in [7, 11) is 0. The third-order valence-corrected chi connectivity index (χ3v) is 13.0. The van der Waals surface area contributed by atoms with Crippen molar-refractivity contribution in [2.75, 3.05) is 31.1 Å². The quantitative estimate of drug-likeness (QED) is 0.0291. The fourth-order valence-electron chi connectivity index (χ4n) is 7.52. The third-order valence-electron chi connectivity index (χ3n) is 12.3. The molecule has 0 radical (unpaired) electrons. The lowest BCUT2D eigenvalue weighted by Crippen LogP contribution is -2.61. The van der Waals surface area contributed by atoms with Crippen LogP contribution in [0.25, 0.3) is 0 Å². The Balaban J connectivity index is 3.11. The Morgan fingerprint density at radius 1 is 0.595 bits per heavy atom. The number of nitrogens with two attached hydrogens (primary N) is 1. The van der Waals surface area contributed by atoms with Crippen LogP contribution in [0, 0.1) is 23.7 Å². The molecule has 1 fully saturated rings. The Morgan fingerprint density at radius 2 is 1.05 bits per heavy atom. The lowest BCUT2D eigenvalue weighted by atomic mass is 9.96. The minimum absolute atomic E-state index is 0.0371. The van der Waals surface area contributed by atoms with E-state index in [9.17, 15) is 67.7 Å². The molecule has 0 saturated carbocycles. The summed E-state index contributed by atoms with van der Waals surface area (Å²) in [6.45, 7) is 13.6. The number of aliphatic hydroxyl groups excluding tert-OH is 1. The topological polar surface area (TPSA) is 403 Å². The molecule has 0 bridgehead atoms. The maximum atomic E-state index is 14.0. The van der Waals surface area contributed by atoms with Crippen LogP contribution >= 0.6 is 25.3 Å². The number of carbonyl (C=O) groups is 12. The van der Waals surface area contributed by atoms with Gasteiger partial charge in [-0.05, 0) is 49.9 Å². The molecule has 28 heteroatoms. The molecule has 1 rings (SSSR count). The number of aliphatic hydroxyl groups is 1. The van der Waals surface area contributed by atoms with Gasteiger partial charge in [0.1, 0.15) is 48.3 Å². The van der Waals surface area contributed by atoms with Crippen molar-refractivity contribution in [3.05, 3.63) is 0 Å². The van der Waals surface area contributed by atoms with E-state index in [0.29, 0.717) is 19.3 Å². The predicted molar refractivity (Wildman–Crippen MR) is 275 cm³/mol. The first-order valence-corrected chi connectivity index (χ1v) is 25.9. The number of amides is 10. The van der Waals surface area contributed by atoms with Crippen molar-refractivity contribution < 1.29 is 72.9 Å². The fraction of sp³-hybridized carbons (Fsp3) is 0.739. The second-order valence-electron chi connectivity index (χ2n) is 19.2. The molecule has 74 heavy (non-hydrogen) atoms. The molecule has 0 spiro atoms. The Hall–Kier alpha value is -5.74. The summed E-state index contributed by atoms with van der Waals surface area (Å²) in [5, 5.41) is 50.8. The molecular weight excluding hydrogens is 1010 g/mol. The molecule has 0 aromatic rings. The van der Waals surface area contributed by atoms with Gasteiger partial charge in [0.15, 0.2) is 0 Å². The smallest absolute Gasteiger partial charge is 0.327 e. The van der Waals surface area contributed by atoms with Crippen molar-refractivity contribution in [3.63, 3.8) is 0 Å². The number of carboxylic acids is 2. The molecular formula is C46H79N11O15S2. The Kier molecular flexibility index (Phi) is 29.1. The second-order valence-corrected chi connectivity index (χ2v) is 19.9. The van der Waals surface area contributed by atoms with Crippen molar-refractivity contribution in [3.8, 4) is 0 Å². The van der Waals surface area contributed by atoms with E-state index < -0.39 is 169 Å². The largest absolute Gasteiger partial charge is 0.481 e. The highest BCUT2D eigenvalue weighted by Gasteiger charge is 2.41. The predicted octanol–water partition coefficient (Wildman–Crippen LogP) is -3.48. The summed E-state index contributed by atoms with van der Waals surface area (Å²) in [5.41, 5.74) is 5.49. The van der Waals surface area contributed by atoms with E-state index in [1.807, 2.05) is 0 Å². The SMILES string of the molecule is CC[C@H](C)[C@H](NC(=O)CNC(=O)[C@H](CC(C)C)NC(=O)[C@@H](NC(=O)CNC(=O)[C@@H](N)CC(=O)O)[C@@H](C)O)C(=O)N[C@H](C(=O)N[C@@H](CS)C(=O)N1CCC[C@H]1C(=O)N[C@H](C(=O)N[C@@H](CS)C(=O)O)[C@@H](C)CC)C(C)C. The Labute approximate surface area is 442 Å². The van der Waals surface area contributed by atoms with Crippen LogP contribution in [-0.2, 0) is 57.5 Å². The molecule has 14 N–H and O–H groups in total. The molecule has 26 nitrogen and oxygen atoms in total. The van der Waals surface area contributed by atoms with E-state index in [-0.39, 0.29) is 36.8 Å². The Bertz CT molecular complexity index is 2000. The van der Waals surface area contributed by atoms with E-state index in [4.69, 9.17) is 10.8 Å². The zero-order valence-electron chi connectivity index (χ0n) is 43.5. The molecule has 0 aromatic carbocycles. The Morgan fingerprint density at radius 3 is 1.53 bits per heavy atom. The molecule has 1 heterocycles. The number of hydrogen-bond donors (Lipinski definition) is 15. The zero-order chi connectivity index (χ0) is 56.7. The second kappa shape index (κ2) is 32.5. The molecule has 0 aliphatic carbocycles. The van der Waals surface area contributed by atoms with Crippen LogP contribution in [0.5, 0.6) is 0 Å². The van der Waals surface area contributed by atoms with Gasteiger partial charge in [-0.2, -0.15) is 25.3 Å². The number of hydrogen-bond acceptors (Lipinski definition) is 16. The highest BCUT2D eigenvalue weighted by molar-refractivity contribution is 7.80. The van der Waals surface area contributed by atoms with Gasteiger partial charge in [-0.3, -0.25) is 52.7 Å². The summed E-state index contributed by atoms with van der Waals surface area (Å²) < 4.78 is 0. The summed E-state index contributed by atoms with van der Waals surface area (Å²) in [6.07, 6.45) is -0.707. The van der Waals surface area contributed by atoms with Crippen molar-refractivity contribution in [1.29, 1.82) is 0 Å². The van der Waals surface area contributed by atoms with Gasteiger partial charge in [0.2, 0.25) is 59.1 Å². The number of nitrogens with zero attached hydrogens (tertiary/aromatic N) is 1. The van der Waals surface area contributed by atoms with Gasteiger partial charge in [-0.1, -0.05) is 68.2 Å². The number of likely N-dealkylation sites (tertiary alicyclic amines) is 1. The van der Waals surface area contributed by atoms with Gasteiger partial charge in [0.05, 0.1) is 31.7 Å². The minimum atomic E-state index is -1.62. The van der Waals surface area contributed by atoms with E-state index >= 15 is 0 Å². The normalized spacial score (nSPS) is 17.8. The highest BCUT2D eigenvalue weighted by atomic mass is 32.1. The molecule has 1 aliphatic rings. The van der Waals surface area contributed by atoms with Gasteiger partial charge in [0.25, 0.3) is 0 Å². The molecule has 0 unspecified atom stereocenters. The summed E-state index contributed by atoms with van der Waals surface area (Å²) in [6, 6.07) is -11.6. The number of carboxylic acid groups (broad SMARTS) is 2. The van der Waals surface area contributed by atoms with Crippen LogP contribution < -0.4 is 53.6 Å². The summed E-state index contributed by atoms with van der Waals surface area (Å²) in [4.78, 5) is 157. The average Bonchev–Trinajstić information content (AvgIpc) is 3.83. The number of nitrogens with one attached hydrogen (secondary N) is 9. The van der Waals surface area contributed by atoms with E-state index in [1.165, 1.54) is 11.8 Å². The van der Waals surface area contributed by atoms with Crippen LogP contribution in [0.2, 0.25) is 0 Å². The average molecular weight is 1090 g/mol. The van der Waals surface area contributed by atoms with Crippen LogP contribution in [0.4, 0.5) is 0 Å². The maximum Gasteiger partial charge on any atom is 0.327 e. The van der Waals surface area contributed by atoms with Crippen molar-refractivity contribution in [1.82, 2.24) is 52.8 Å². The molecule has 10 amide bonds. The van der Waals surface area contributed by atoms with Gasteiger partial charge < -0.3 is 73.8 Å². The molecule has 12 atom stereocenters. The summed E-state index contributed by atoms with van der Waals surface area (Å²) >= 11 is 8.29. The summed E-state index contributed by atoms with van der Waals surface area (Å²) in [5.74, 6) is -12.9. The van der Waals surface area contributed by atoms with Gasteiger partial charge in [-0.25, -0.2) is 4.79 Å². The van der Waals surface area contributed by atoms with Crippen molar-refractivity contribution >= 4 is 96.3 Å². The van der Waals surface area contributed by atoms with Crippen molar-refractivity contribution in [2.24, 2.45) is 29.4 Å². The first-order chi connectivity index (χ1) is 34.5. The van der Waals surface area contributed by atoms with Crippen LogP contribution in [0.15, 0.2) is 0 Å². The van der Waals surface area contributed by atoms with Crippen molar-refractivity contribution in [2.45, 2.75) is 161 Å². The number of rotatable bonds is 32. The number of carbonyl (C=O) groups excluding carboxylic acids is 10. The molecule has 420 valence electrons. The molecule has 0 aromatic heterocycles. The minimum Gasteiger partial charge on any atom is -0.481 e. The van der Waals surface area contributed by atoms with Crippen LogP contribution in [0.3, 0.4) is 0 Å². The van der Waals surface area contributed by atoms with Crippen LogP contribution in [0.1, 0.15) is 101 Å². The van der Waals surface area contributed by atoms with E-state index in [0.717, 1.165) is 0 Å². The standard InChI is InChI=1S/C46H79N11O15S2/c1-10-23(7)35(53-31(59)18-49-39(64)27(15-21(3)4)50-44(69)37(25(9)58)54-32(60)17-48-38(63)26(47)16-33(61)62)43(68)55-34(22(5)6)41(66)51-28(19-73)45(70)57-14-12-13-30(57)40(65)56-36(24(8)11-2)42(67)52-29(20-74)46(71)72/h21-30,34-37,58,73-74H,10-20,47H2,1-9H3,(H,48,63)(H,49,64)(H,50,69)(H,51,66)(H,52,67)(H,53,59)(H,54,60)(H,55,68)(H,56,65)(H,61,62)(H,71,72)/t23-,24-,25+,26-,27-,28-,29-,30-,34-,35-,36-,37-/m0/s1. The lowest BCUT2D eigenvalue weighted by molar-refractivity contribution is -0.143. The zero-order valence-corrected chi connectivity index (χ0v) is 45.3. The maximum absolute atomic E-state index is 14.0. The third kappa shape index (κ3) is 21.6. The van der Waals surface area contributed by atoms with E-state index in [2.05, 4.69) is 73.1 Å². The first kappa shape index (κ1) is 66.3. The van der Waals surface area contributed by atoms with Gasteiger partial charge >= 0.3 is 11.9 Å². The van der Waals surface area contributed by atoms with E-state index in [1.54, 1.807) is 55.4 Å².